The van der Waals surface area contributed by atoms with Gasteiger partial charge < -0.3 is 23.4 Å². The van der Waals surface area contributed by atoms with Gasteiger partial charge in [-0.05, 0) is 12.1 Å². The maximum atomic E-state index is 5.80. The molecule has 0 aromatic carbocycles. The van der Waals surface area contributed by atoms with E-state index in [4.69, 9.17) is 23.4 Å². The molecule has 0 bridgehead atoms. The summed E-state index contributed by atoms with van der Waals surface area (Å²) < 4.78 is 28.7. The Morgan fingerprint density at radius 3 is 1.38 bits per heavy atom. The molecule has 0 N–H and O–H groups in total. The Balaban J connectivity index is 1.62. The first-order chi connectivity index (χ1) is 9.85. The van der Waals surface area contributed by atoms with Gasteiger partial charge in [-0.1, -0.05) is 27.7 Å². The van der Waals surface area contributed by atoms with Crippen LogP contribution in [-0.4, -0.2) is 26.4 Å². The van der Waals surface area contributed by atoms with Crippen molar-refractivity contribution in [2.45, 2.75) is 40.3 Å². The average Bonchev–Trinajstić information content (AvgIpc) is 2.88. The predicted octanol–water partition coefficient (Wildman–Crippen LogP) is 3.42. The summed E-state index contributed by atoms with van der Waals surface area (Å²) in [6, 6.07) is 3.73. The highest BCUT2D eigenvalue weighted by Crippen LogP contribution is 2.35. The molecule has 0 unspecified atom stereocenters. The fourth-order valence-corrected chi connectivity index (χ4v) is 2.33. The number of furan rings is 1. The summed E-state index contributed by atoms with van der Waals surface area (Å²) in [4.78, 5) is 0. The smallest absolute Gasteiger partial charge is 0.217 e. The lowest BCUT2D eigenvalue weighted by atomic mass is 9.95. The van der Waals surface area contributed by atoms with Crippen molar-refractivity contribution in [3.63, 3.8) is 0 Å². The Morgan fingerprint density at radius 2 is 1.05 bits per heavy atom. The van der Waals surface area contributed by atoms with Crippen molar-refractivity contribution >= 4 is 0 Å². The predicted molar refractivity (Wildman–Crippen MR) is 75.6 cm³/mol. The van der Waals surface area contributed by atoms with E-state index in [2.05, 4.69) is 27.7 Å². The molecular formula is C16H24O5. The molecule has 5 heteroatoms. The molecule has 3 rings (SSSR count). The third kappa shape index (κ3) is 3.48. The van der Waals surface area contributed by atoms with Crippen molar-refractivity contribution in [3.8, 4) is 0 Å². The topological polar surface area (TPSA) is 50.1 Å². The Labute approximate surface area is 125 Å². The van der Waals surface area contributed by atoms with Crippen molar-refractivity contribution in [2.24, 2.45) is 10.8 Å². The molecule has 2 aliphatic heterocycles. The van der Waals surface area contributed by atoms with Gasteiger partial charge in [0.05, 0.1) is 26.4 Å². The SMILES string of the molecule is CC1(C)COC(c2ccc(C3OCC(C)(C)CO3)o2)OC1. The van der Waals surface area contributed by atoms with Crippen LogP contribution in [0.5, 0.6) is 0 Å². The zero-order valence-electron chi connectivity index (χ0n) is 13.2. The van der Waals surface area contributed by atoms with Crippen LogP contribution in [0.1, 0.15) is 51.8 Å². The van der Waals surface area contributed by atoms with Crippen LogP contribution in [-0.2, 0) is 18.9 Å². The van der Waals surface area contributed by atoms with Crippen LogP contribution in [0, 0.1) is 10.8 Å². The molecule has 0 atom stereocenters. The fourth-order valence-electron chi connectivity index (χ4n) is 2.33. The number of ether oxygens (including phenoxy) is 4. The second-order valence-electron chi connectivity index (χ2n) is 7.48. The number of hydrogen-bond acceptors (Lipinski definition) is 5. The van der Waals surface area contributed by atoms with Crippen molar-refractivity contribution in [1.82, 2.24) is 0 Å². The van der Waals surface area contributed by atoms with Gasteiger partial charge in [0.25, 0.3) is 0 Å². The van der Waals surface area contributed by atoms with Gasteiger partial charge in [-0.25, -0.2) is 0 Å². The van der Waals surface area contributed by atoms with Gasteiger partial charge in [-0.3, -0.25) is 0 Å². The van der Waals surface area contributed by atoms with Crippen LogP contribution in [0.3, 0.4) is 0 Å². The quantitative estimate of drug-likeness (QED) is 0.837. The van der Waals surface area contributed by atoms with Gasteiger partial charge >= 0.3 is 0 Å². The molecule has 2 fully saturated rings. The first-order valence-electron chi connectivity index (χ1n) is 7.41. The van der Waals surface area contributed by atoms with E-state index in [1.54, 1.807) is 0 Å². The molecular weight excluding hydrogens is 272 g/mol. The number of hydrogen-bond donors (Lipinski definition) is 0. The van der Waals surface area contributed by atoms with Crippen molar-refractivity contribution in [3.05, 3.63) is 23.7 Å². The standard InChI is InChI=1S/C16H24O5/c1-15(2)7-17-13(18-8-15)11-5-6-12(21-11)14-19-9-16(3,4)10-20-14/h5-6,13-14H,7-10H2,1-4H3. The molecule has 0 spiro atoms. The second kappa shape index (κ2) is 5.39. The summed E-state index contributed by atoms with van der Waals surface area (Å²) in [5.74, 6) is 1.33. The third-order valence-corrected chi connectivity index (χ3v) is 3.61. The lowest BCUT2D eigenvalue weighted by molar-refractivity contribution is -0.242. The Kier molecular flexibility index (Phi) is 3.86. The molecule has 0 saturated carbocycles. The van der Waals surface area contributed by atoms with E-state index in [9.17, 15) is 0 Å². The average molecular weight is 296 g/mol. The van der Waals surface area contributed by atoms with E-state index in [1.165, 1.54) is 0 Å². The minimum Gasteiger partial charge on any atom is -0.455 e. The minimum absolute atomic E-state index is 0.0487. The summed E-state index contributed by atoms with van der Waals surface area (Å²) in [5.41, 5.74) is 0.0974. The van der Waals surface area contributed by atoms with E-state index in [-0.39, 0.29) is 10.8 Å². The minimum atomic E-state index is -0.438. The molecule has 0 radical (unpaired) electrons. The van der Waals surface area contributed by atoms with E-state index in [1.807, 2.05) is 12.1 Å². The van der Waals surface area contributed by atoms with Gasteiger partial charge in [0.2, 0.25) is 12.6 Å². The fraction of sp³-hybridized carbons (Fsp3) is 0.750. The molecule has 0 amide bonds. The third-order valence-electron chi connectivity index (χ3n) is 3.61. The van der Waals surface area contributed by atoms with Gasteiger partial charge in [0.15, 0.2) is 11.5 Å². The highest BCUT2D eigenvalue weighted by molar-refractivity contribution is 5.10. The van der Waals surface area contributed by atoms with E-state index in [0.29, 0.717) is 37.9 Å². The summed E-state index contributed by atoms with van der Waals surface area (Å²) in [6.07, 6.45) is -0.876. The summed E-state index contributed by atoms with van der Waals surface area (Å²) in [5, 5.41) is 0. The van der Waals surface area contributed by atoms with Gasteiger partial charge in [0.1, 0.15) is 0 Å². The zero-order valence-corrected chi connectivity index (χ0v) is 13.2. The number of rotatable bonds is 2. The molecule has 118 valence electrons. The van der Waals surface area contributed by atoms with E-state index >= 15 is 0 Å². The summed E-state index contributed by atoms with van der Waals surface area (Å²) in [7, 11) is 0. The lowest BCUT2D eigenvalue weighted by Gasteiger charge is -2.34. The monoisotopic (exact) mass is 296 g/mol. The van der Waals surface area contributed by atoms with Crippen LogP contribution in [0.25, 0.3) is 0 Å². The normalized spacial score (nSPS) is 26.9. The largest absolute Gasteiger partial charge is 0.455 e. The van der Waals surface area contributed by atoms with E-state index in [0.717, 1.165) is 0 Å². The zero-order chi connectivity index (χ0) is 15.1. The molecule has 21 heavy (non-hydrogen) atoms. The Hall–Kier alpha value is -0.880. The molecule has 3 heterocycles. The summed E-state index contributed by atoms with van der Waals surface area (Å²) >= 11 is 0. The Bertz CT molecular complexity index is 428. The maximum Gasteiger partial charge on any atom is 0.217 e. The first kappa shape index (κ1) is 15.0. The molecule has 1 aromatic heterocycles. The van der Waals surface area contributed by atoms with E-state index < -0.39 is 12.6 Å². The second-order valence-corrected chi connectivity index (χ2v) is 7.48. The van der Waals surface area contributed by atoms with Crippen LogP contribution in [0.2, 0.25) is 0 Å². The van der Waals surface area contributed by atoms with Crippen molar-refractivity contribution in [1.29, 1.82) is 0 Å². The summed E-state index contributed by atoms with van der Waals surface area (Å²) in [6.45, 7) is 11.1. The van der Waals surface area contributed by atoms with Crippen LogP contribution in [0.15, 0.2) is 16.5 Å². The van der Waals surface area contributed by atoms with Crippen molar-refractivity contribution in [2.75, 3.05) is 26.4 Å². The van der Waals surface area contributed by atoms with Gasteiger partial charge in [-0.15, -0.1) is 0 Å². The highest BCUT2D eigenvalue weighted by Gasteiger charge is 2.33. The highest BCUT2D eigenvalue weighted by atomic mass is 16.7. The lowest BCUT2D eigenvalue weighted by Crippen LogP contribution is -2.34. The molecule has 1 aromatic rings. The molecule has 2 saturated heterocycles. The van der Waals surface area contributed by atoms with Gasteiger partial charge in [-0.2, -0.15) is 0 Å². The first-order valence-corrected chi connectivity index (χ1v) is 7.41. The van der Waals surface area contributed by atoms with Gasteiger partial charge in [0, 0.05) is 10.8 Å². The van der Waals surface area contributed by atoms with Crippen LogP contribution < -0.4 is 0 Å². The van der Waals surface area contributed by atoms with Crippen molar-refractivity contribution < 1.29 is 23.4 Å². The molecule has 0 aliphatic carbocycles. The Morgan fingerprint density at radius 1 is 0.714 bits per heavy atom. The molecule has 2 aliphatic rings. The molecule has 5 nitrogen and oxygen atoms in total. The van der Waals surface area contributed by atoms with Crippen LogP contribution in [0.4, 0.5) is 0 Å². The maximum absolute atomic E-state index is 5.80. The van der Waals surface area contributed by atoms with Crippen LogP contribution >= 0.6 is 0 Å².